The van der Waals surface area contributed by atoms with Crippen molar-refractivity contribution < 1.29 is 14.4 Å². The molecule has 1 unspecified atom stereocenters. The molecule has 0 radical (unpaired) electrons. The monoisotopic (exact) mass is 484 g/mol. The molecule has 172 valence electrons. The van der Waals surface area contributed by atoms with Crippen LogP contribution in [0.4, 0.5) is 0 Å². The van der Waals surface area contributed by atoms with Gasteiger partial charge in [0, 0.05) is 35.4 Å². The number of phenolic OH excluding ortho intramolecular Hbond substituents is 1. The first-order chi connectivity index (χ1) is 16.1. The average Bonchev–Trinajstić information content (AvgIpc) is 3.59. The van der Waals surface area contributed by atoms with Gasteiger partial charge in [0.15, 0.2) is 0 Å². The first kappa shape index (κ1) is 21.5. The normalized spacial score (nSPS) is 26.6. The Morgan fingerprint density at radius 2 is 1.79 bits per heavy atom. The summed E-state index contributed by atoms with van der Waals surface area (Å²) in [6.45, 7) is 0.383. The third-order valence-corrected chi connectivity index (χ3v) is 8.40. The fraction of sp³-hybridized carbons (Fsp3) is 0.462. The molecule has 4 fully saturated rings. The number of hydrogen-bond donors (Lipinski definition) is 1. The summed E-state index contributed by atoms with van der Waals surface area (Å²) in [6, 6.07) is 7.70. The van der Waals surface area contributed by atoms with E-state index in [1.807, 2.05) is 18.2 Å². The van der Waals surface area contributed by atoms with Gasteiger partial charge in [-0.1, -0.05) is 46.6 Å². The Bertz CT molecular complexity index is 1160. The maximum Gasteiger partial charge on any atom is 0.145 e. The van der Waals surface area contributed by atoms with E-state index in [-0.39, 0.29) is 11.5 Å². The van der Waals surface area contributed by atoms with Gasteiger partial charge in [0.05, 0.1) is 22.3 Å². The zero-order valence-corrected chi connectivity index (χ0v) is 19.8. The molecular weight excluding hydrogens is 459 g/mol. The maximum absolute atomic E-state index is 10.6. The SMILES string of the molecule is Oc1ccccc1C1CC2CCC1(OCc1c(-c3c(Cl)cncc3Cl)noc1C1CC1)CC2. The number of ether oxygens (including phenoxy) is 1. The van der Waals surface area contributed by atoms with Crippen molar-refractivity contribution >= 4 is 23.2 Å². The van der Waals surface area contributed by atoms with Gasteiger partial charge >= 0.3 is 0 Å². The lowest BCUT2D eigenvalue weighted by atomic mass is 9.59. The van der Waals surface area contributed by atoms with Gasteiger partial charge in [-0.25, -0.2) is 0 Å². The van der Waals surface area contributed by atoms with Crippen molar-refractivity contribution in [1.29, 1.82) is 0 Å². The van der Waals surface area contributed by atoms with Gasteiger partial charge in [0.1, 0.15) is 17.2 Å². The number of fused-ring (bicyclic) bond motifs is 3. The van der Waals surface area contributed by atoms with E-state index in [0.717, 1.165) is 61.8 Å². The summed E-state index contributed by atoms with van der Waals surface area (Å²) in [5.74, 6) is 2.49. The van der Waals surface area contributed by atoms with Crippen LogP contribution >= 0.6 is 23.2 Å². The van der Waals surface area contributed by atoms with Gasteiger partial charge in [0.2, 0.25) is 0 Å². The summed E-state index contributed by atoms with van der Waals surface area (Å²) >= 11 is 12.9. The summed E-state index contributed by atoms with van der Waals surface area (Å²) in [5.41, 5.74) is 2.91. The summed E-state index contributed by atoms with van der Waals surface area (Å²) < 4.78 is 12.7. The lowest BCUT2D eigenvalue weighted by Gasteiger charge is -2.52. The molecule has 2 heterocycles. The molecule has 0 amide bonds. The smallest absolute Gasteiger partial charge is 0.145 e. The third kappa shape index (κ3) is 3.74. The molecule has 2 aromatic heterocycles. The zero-order valence-electron chi connectivity index (χ0n) is 18.3. The minimum absolute atomic E-state index is 0.173. The fourth-order valence-electron chi connectivity index (χ4n) is 5.91. The highest BCUT2D eigenvalue weighted by atomic mass is 35.5. The van der Waals surface area contributed by atoms with E-state index in [2.05, 4.69) is 10.1 Å². The van der Waals surface area contributed by atoms with Crippen LogP contribution in [0.15, 0.2) is 41.2 Å². The molecule has 4 aliphatic rings. The number of rotatable bonds is 6. The number of nitrogens with zero attached hydrogens (tertiary/aromatic N) is 2. The minimum Gasteiger partial charge on any atom is -0.508 e. The van der Waals surface area contributed by atoms with Crippen LogP contribution < -0.4 is 0 Å². The van der Waals surface area contributed by atoms with Crippen LogP contribution in [0.1, 0.15) is 73.7 Å². The second kappa shape index (κ2) is 8.30. The Kier molecular flexibility index (Phi) is 5.39. The highest BCUT2D eigenvalue weighted by Crippen LogP contribution is 2.56. The van der Waals surface area contributed by atoms with Crippen molar-refractivity contribution in [1.82, 2.24) is 10.1 Å². The van der Waals surface area contributed by atoms with Gasteiger partial charge in [-0.15, -0.1) is 0 Å². The molecule has 0 spiro atoms. The van der Waals surface area contributed by atoms with E-state index in [1.54, 1.807) is 18.5 Å². The molecule has 7 heteroatoms. The lowest BCUT2D eigenvalue weighted by Crippen LogP contribution is -2.48. The molecule has 1 aromatic carbocycles. The van der Waals surface area contributed by atoms with E-state index in [9.17, 15) is 5.11 Å². The Morgan fingerprint density at radius 3 is 2.48 bits per heavy atom. The van der Waals surface area contributed by atoms with E-state index < -0.39 is 0 Å². The van der Waals surface area contributed by atoms with Gasteiger partial charge in [0.25, 0.3) is 0 Å². The van der Waals surface area contributed by atoms with Gasteiger partial charge < -0.3 is 14.4 Å². The van der Waals surface area contributed by atoms with Crippen molar-refractivity contribution in [2.75, 3.05) is 0 Å². The van der Waals surface area contributed by atoms with Gasteiger partial charge in [-0.3, -0.25) is 4.98 Å². The third-order valence-electron chi connectivity index (χ3n) is 7.83. The van der Waals surface area contributed by atoms with Crippen LogP contribution in [0.2, 0.25) is 10.0 Å². The maximum atomic E-state index is 10.6. The molecule has 2 bridgehead atoms. The van der Waals surface area contributed by atoms with Crippen molar-refractivity contribution in [3.8, 4) is 17.0 Å². The Morgan fingerprint density at radius 1 is 1.06 bits per heavy atom. The topological polar surface area (TPSA) is 68.4 Å². The molecule has 3 aromatic rings. The number of phenols is 1. The van der Waals surface area contributed by atoms with Crippen molar-refractivity contribution in [3.05, 3.63) is 63.6 Å². The predicted octanol–water partition coefficient (Wildman–Crippen LogP) is 7.26. The molecule has 4 aliphatic carbocycles. The van der Waals surface area contributed by atoms with Crippen LogP contribution in [0.3, 0.4) is 0 Å². The molecule has 1 atom stereocenters. The molecule has 4 saturated carbocycles. The number of pyridine rings is 1. The largest absolute Gasteiger partial charge is 0.508 e. The highest BCUT2D eigenvalue weighted by molar-refractivity contribution is 6.38. The number of para-hydroxylation sites is 1. The molecule has 0 saturated heterocycles. The van der Waals surface area contributed by atoms with Gasteiger partial charge in [-0.05, 0) is 62.5 Å². The molecule has 7 rings (SSSR count). The van der Waals surface area contributed by atoms with Crippen LogP contribution in [-0.4, -0.2) is 20.8 Å². The molecule has 0 aliphatic heterocycles. The van der Waals surface area contributed by atoms with Crippen molar-refractivity contribution in [3.63, 3.8) is 0 Å². The molecular formula is C26H26Cl2N2O3. The number of hydrogen-bond acceptors (Lipinski definition) is 5. The van der Waals surface area contributed by atoms with Gasteiger partial charge in [-0.2, -0.15) is 0 Å². The van der Waals surface area contributed by atoms with Crippen molar-refractivity contribution in [2.24, 2.45) is 5.92 Å². The quantitative estimate of drug-likeness (QED) is 0.398. The van der Waals surface area contributed by atoms with E-state index in [0.29, 0.717) is 45.5 Å². The molecule has 5 nitrogen and oxygen atoms in total. The average molecular weight is 485 g/mol. The van der Waals surface area contributed by atoms with E-state index in [4.69, 9.17) is 32.5 Å². The van der Waals surface area contributed by atoms with E-state index >= 15 is 0 Å². The van der Waals surface area contributed by atoms with Crippen LogP contribution in [-0.2, 0) is 11.3 Å². The zero-order chi connectivity index (χ0) is 22.6. The summed E-state index contributed by atoms with van der Waals surface area (Å²) in [4.78, 5) is 4.08. The van der Waals surface area contributed by atoms with Crippen LogP contribution in [0.5, 0.6) is 5.75 Å². The Balaban J connectivity index is 1.37. The number of halogens is 2. The van der Waals surface area contributed by atoms with Crippen molar-refractivity contribution in [2.45, 2.75) is 69.0 Å². The Labute approximate surface area is 203 Å². The summed E-state index contributed by atoms with van der Waals surface area (Å²) in [7, 11) is 0. The van der Waals surface area contributed by atoms with Crippen LogP contribution in [0.25, 0.3) is 11.3 Å². The number of aromatic hydroxyl groups is 1. The lowest BCUT2D eigenvalue weighted by molar-refractivity contribution is -0.135. The standard InChI is InChI=1S/C26H26Cl2N2O3/c27-20-12-29-13-21(28)23(20)24-18(25(33-30-24)16-5-6-16)14-32-26-9-7-15(8-10-26)11-19(26)17-3-1-2-4-22(17)31/h1-4,12-13,15-16,19,31H,5-11,14H2. The molecule has 1 N–H and O–H groups in total. The first-order valence-electron chi connectivity index (χ1n) is 11.8. The number of aromatic nitrogens is 2. The second-order valence-corrected chi connectivity index (χ2v) is 10.6. The summed E-state index contributed by atoms with van der Waals surface area (Å²) in [5, 5.41) is 15.9. The second-order valence-electron chi connectivity index (χ2n) is 9.77. The Hall–Kier alpha value is -2.08. The predicted molar refractivity (Wildman–Crippen MR) is 127 cm³/mol. The fourth-order valence-corrected chi connectivity index (χ4v) is 6.46. The minimum atomic E-state index is -0.311. The summed E-state index contributed by atoms with van der Waals surface area (Å²) in [6.07, 6.45) is 10.7. The molecule has 33 heavy (non-hydrogen) atoms. The highest BCUT2D eigenvalue weighted by Gasteiger charge is 2.50. The van der Waals surface area contributed by atoms with E-state index in [1.165, 1.54) is 0 Å². The van der Waals surface area contributed by atoms with Crippen LogP contribution in [0, 0.1) is 5.92 Å². The number of benzene rings is 1. The first-order valence-corrected chi connectivity index (χ1v) is 12.5.